The quantitative estimate of drug-likeness (QED) is 0.815. The Morgan fingerprint density at radius 2 is 1.81 bits per heavy atom. The molecule has 0 spiro atoms. The molecule has 0 aromatic heterocycles. The van der Waals surface area contributed by atoms with Gasteiger partial charge in [0.15, 0.2) is 0 Å². The molecule has 2 N–H and O–H groups in total. The van der Waals surface area contributed by atoms with E-state index in [4.69, 9.17) is 34.8 Å². The van der Waals surface area contributed by atoms with Crippen molar-refractivity contribution < 1.29 is 5.11 Å². The smallest absolute Gasteiger partial charge is 0.139 e. The zero-order chi connectivity index (χ0) is 15.6. The summed E-state index contributed by atoms with van der Waals surface area (Å²) in [6.45, 7) is 0.382. The van der Waals surface area contributed by atoms with Crippen LogP contribution in [0.3, 0.4) is 0 Å². The summed E-state index contributed by atoms with van der Waals surface area (Å²) >= 11 is 18.1. The van der Waals surface area contributed by atoms with Gasteiger partial charge in [0.1, 0.15) is 5.75 Å². The number of halogens is 3. The molecule has 3 nitrogen and oxygen atoms in total. The first-order chi connectivity index (χ1) is 9.90. The van der Waals surface area contributed by atoms with Crippen LogP contribution >= 0.6 is 34.8 Å². The molecule has 0 saturated carbocycles. The van der Waals surface area contributed by atoms with Crippen LogP contribution in [0.15, 0.2) is 30.3 Å². The van der Waals surface area contributed by atoms with Crippen LogP contribution in [0.1, 0.15) is 5.56 Å². The number of aromatic hydroxyl groups is 1. The molecular formula is C15H15Cl3N2O. The number of phenols is 1. The van der Waals surface area contributed by atoms with Gasteiger partial charge in [-0.1, -0.05) is 40.9 Å². The zero-order valence-electron chi connectivity index (χ0n) is 11.6. The highest BCUT2D eigenvalue weighted by atomic mass is 35.5. The molecule has 0 bridgehead atoms. The van der Waals surface area contributed by atoms with Crippen molar-refractivity contribution in [1.29, 1.82) is 0 Å². The van der Waals surface area contributed by atoms with E-state index in [9.17, 15) is 5.11 Å². The second-order valence-electron chi connectivity index (χ2n) is 4.78. The molecule has 0 amide bonds. The Labute approximate surface area is 139 Å². The molecule has 2 aromatic carbocycles. The van der Waals surface area contributed by atoms with Crippen molar-refractivity contribution in [2.45, 2.75) is 6.54 Å². The van der Waals surface area contributed by atoms with E-state index in [-0.39, 0.29) is 10.8 Å². The number of para-hydroxylation sites is 1. The van der Waals surface area contributed by atoms with Gasteiger partial charge in [-0.15, -0.1) is 0 Å². The molecule has 6 heteroatoms. The number of hydrogen-bond acceptors (Lipinski definition) is 3. The lowest BCUT2D eigenvalue weighted by Crippen LogP contribution is -2.12. The topological polar surface area (TPSA) is 35.5 Å². The van der Waals surface area contributed by atoms with Gasteiger partial charge in [-0.2, -0.15) is 0 Å². The number of rotatable bonds is 4. The maximum atomic E-state index is 9.97. The van der Waals surface area contributed by atoms with Gasteiger partial charge in [-0.3, -0.25) is 0 Å². The average Bonchev–Trinajstić information content (AvgIpc) is 2.40. The van der Waals surface area contributed by atoms with Crippen molar-refractivity contribution in [3.63, 3.8) is 0 Å². The number of nitrogens with one attached hydrogen (secondary N) is 1. The minimum atomic E-state index is 0.0296. The molecule has 0 heterocycles. The number of hydrogen-bond donors (Lipinski definition) is 2. The van der Waals surface area contributed by atoms with Crippen LogP contribution in [0, 0.1) is 0 Å². The first-order valence-corrected chi connectivity index (χ1v) is 7.40. The van der Waals surface area contributed by atoms with Crippen molar-refractivity contribution in [1.82, 2.24) is 0 Å². The number of phenolic OH excluding ortho intramolecular Hbond substituents is 1. The SMILES string of the molecule is CN(C)c1c(Cl)cccc1NCc1cc(Cl)cc(Cl)c1O. The molecule has 21 heavy (non-hydrogen) atoms. The van der Waals surface area contributed by atoms with Crippen molar-refractivity contribution >= 4 is 46.2 Å². The van der Waals surface area contributed by atoms with Crippen LogP contribution in [0.5, 0.6) is 5.75 Å². The first-order valence-electron chi connectivity index (χ1n) is 6.26. The third-order valence-electron chi connectivity index (χ3n) is 3.01. The molecule has 2 rings (SSSR count). The lowest BCUT2D eigenvalue weighted by atomic mass is 10.2. The lowest BCUT2D eigenvalue weighted by Gasteiger charge is -2.20. The maximum Gasteiger partial charge on any atom is 0.139 e. The molecule has 0 aliphatic rings. The fourth-order valence-electron chi connectivity index (χ4n) is 2.06. The summed E-state index contributed by atoms with van der Waals surface area (Å²) in [4.78, 5) is 1.93. The largest absolute Gasteiger partial charge is 0.506 e. The van der Waals surface area contributed by atoms with Gasteiger partial charge in [0.25, 0.3) is 0 Å². The van der Waals surface area contributed by atoms with E-state index in [2.05, 4.69) is 5.32 Å². The average molecular weight is 346 g/mol. The summed E-state index contributed by atoms with van der Waals surface area (Å²) in [7, 11) is 3.83. The molecule has 0 fully saturated rings. The molecule has 0 saturated heterocycles. The van der Waals surface area contributed by atoms with E-state index in [1.165, 1.54) is 6.07 Å². The molecule has 0 aliphatic heterocycles. The Hall–Kier alpha value is -1.29. The van der Waals surface area contributed by atoms with Gasteiger partial charge < -0.3 is 15.3 Å². The van der Waals surface area contributed by atoms with Crippen LogP contribution in [0.25, 0.3) is 0 Å². The Kier molecular flexibility index (Phi) is 5.09. The van der Waals surface area contributed by atoms with Crippen molar-refractivity contribution in [3.05, 3.63) is 51.0 Å². The number of anilines is 2. The second-order valence-corrected chi connectivity index (χ2v) is 6.03. The third-order valence-corrected chi connectivity index (χ3v) is 3.82. The summed E-state index contributed by atoms with van der Waals surface area (Å²) in [5, 5.41) is 14.6. The standard InChI is InChI=1S/C15H15Cl3N2O/c1-20(2)14-11(17)4-3-5-13(14)19-8-9-6-10(16)7-12(18)15(9)21/h3-7,19,21H,8H2,1-2H3. The van der Waals surface area contributed by atoms with E-state index in [0.717, 1.165) is 11.4 Å². The highest BCUT2D eigenvalue weighted by Crippen LogP contribution is 2.35. The van der Waals surface area contributed by atoms with Gasteiger partial charge in [0, 0.05) is 31.2 Å². The Morgan fingerprint density at radius 3 is 2.48 bits per heavy atom. The summed E-state index contributed by atoms with van der Waals surface area (Å²) in [5.41, 5.74) is 2.37. The molecule has 0 unspecified atom stereocenters. The molecule has 112 valence electrons. The summed E-state index contributed by atoms with van der Waals surface area (Å²) in [5.74, 6) is 0.0296. The van der Waals surface area contributed by atoms with E-state index < -0.39 is 0 Å². The molecule has 0 aliphatic carbocycles. The maximum absolute atomic E-state index is 9.97. The number of nitrogens with zero attached hydrogens (tertiary/aromatic N) is 1. The fourth-order valence-corrected chi connectivity index (χ4v) is 2.94. The van der Waals surface area contributed by atoms with E-state index in [1.54, 1.807) is 6.07 Å². The van der Waals surface area contributed by atoms with Gasteiger partial charge in [0.05, 0.1) is 21.4 Å². The van der Waals surface area contributed by atoms with Gasteiger partial charge >= 0.3 is 0 Å². The summed E-state index contributed by atoms with van der Waals surface area (Å²) in [6.07, 6.45) is 0. The summed E-state index contributed by atoms with van der Waals surface area (Å²) < 4.78 is 0. The first kappa shape index (κ1) is 16.1. The lowest BCUT2D eigenvalue weighted by molar-refractivity contribution is 0.469. The predicted octanol–water partition coefficient (Wildman–Crippen LogP) is 5.03. The molecule has 0 radical (unpaired) electrons. The summed E-state index contributed by atoms with van der Waals surface area (Å²) in [6, 6.07) is 8.80. The van der Waals surface area contributed by atoms with Gasteiger partial charge in [-0.25, -0.2) is 0 Å². The Bertz CT molecular complexity index is 660. The Morgan fingerprint density at radius 1 is 1.10 bits per heavy atom. The van der Waals surface area contributed by atoms with E-state index >= 15 is 0 Å². The van der Waals surface area contributed by atoms with Crippen LogP contribution in [0.2, 0.25) is 15.1 Å². The fraction of sp³-hybridized carbons (Fsp3) is 0.200. The monoisotopic (exact) mass is 344 g/mol. The van der Waals surface area contributed by atoms with Crippen LogP contribution in [0.4, 0.5) is 11.4 Å². The normalized spacial score (nSPS) is 10.5. The number of benzene rings is 2. The van der Waals surface area contributed by atoms with Gasteiger partial charge in [0.2, 0.25) is 0 Å². The predicted molar refractivity (Wildman–Crippen MR) is 91.2 cm³/mol. The highest BCUT2D eigenvalue weighted by Gasteiger charge is 2.11. The van der Waals surface area contributed by atoms with Crippen molar-refractivity contribution in [3.8, 4) is 5.75 Å². The molecule has 2 aromatic rings. The molecular weight excluding hydrogens is 331 g/mol. The van der Waals surface area contributed by atoms with Gasteiger partial charge in [-0.05, 0) is 24.3 Å². The third kappa shape index (κ3) is 3.67. The van der Waals surface area contributed by atoms with Crippen LogP contribution in [-0.2, 0) is 6.54 Å². The van der Waals surface area contributed by atoms with Crippen LogP contribution in [-0.4, -0.2) is 19.2 Å². The minimum absolute atomic E-state index is 0.0296. The van der Waals surface area contributed by atoms with E-state index in [0.29, 0.717) is 22.2 Å². The van der Waals surface area contributed by atoms with Crippen molar-refractivity contribution in [2.75, 3.05) is 24.3 Å². The van der Waals surface area contributed by atoms with Crippen LogP contribution < -0.4 is 10.2 Å². The zero-order valence-corrected chi connectivity index (χ0v) is 13.9. The molecule has 0 atom stereocenters. The minimum Gasteiger partial charge on any atom is -0.506 e. The highest BCUT2D eigenvalue weighted by molar-refractivity contribution is 6.35. The second kappa shape index (κ2) is 6.65. The Balaban J connectivity index is 2.27. The van der Waals surface area contributed by atoms with Crippen molar-refractivity contribution in [2.24, 2.45) is 0 Å². The van der Waals surface area contributed by atoms with E-state index in [1.807, 2.05) is 37.2 Å².